The summed E-state index contributed by atoms with van der Waals surface area (Å²) >= 11 is 8.06. The highest BCUT2D eigenvalue weighted by Gasteiger charge is 2.38. The predicted molar refractivity (Wildman–Crippen MR) is 66.9 cm³/mol. The van der Waals surface area contributed by atoms with E-state index in [1.807, 2.05) is 0 Å². The van der Waals surface area contributed by atoms with E-state index in [0.717, 1.165) is 18.5 Å². The van der Waals surface area contributed by atoms with Crippen LogP contribution in [0.2, 0.25) is 0 Å². The molecule has 1 aromatic heterocycles. The topological polar surface area (TPSA) is 12.9 Å². The number of aryl methyl sites for hydroxylation is 1. The third-order valence-electron chi connectivity index (χ3n) is 3.47. The maximum absolute atomic E-state index is 6.27. The fourth-order valence-electron chi connectivity index (χ4n) is 2.36. The van der Waals surface area contributed by atoms with Gasteiger partial charge in [-0.25, -0.2) is 4.98 Å². The Morgan fingerprint density at radius 3 is 2.87 bits per heavy atom. The molecular formula is C12H18ClNS. The molecule has 0 spiro atoms. The molecule has 0 radical (unpaired) electrons. The van der Waals surface area contributed by atoms with Crippen molar-refractivity contribution >= 4 is 22.9 Å². The fraction of sp³-hybridized carbons (Fsp3) is 0.750. The molecule has 0 aliphatic heterocycles. The van der Waals surface area contributed by atoms with E-state index in [1.54, 1.807) is 11.3 Å². The van der Waals surface area contributed by atoms with Gasteiger partial charge in [0.2, 0.25) is 0 Å². The van der Waals surface area contributed by atoms with Gasteiger partial charge in [0.05, 0.1) is 5.01 Å². The molecule has 1 aromatic rings. The van der Waals surface area contributed by atoms with Crippen LogP contribution in [0.4, 0.5) is 0 Å². The van der Waals surface area contributed by atoms with Crippen molar-refractivity contribution in [2.75, 3.05) is 0 Å². The second kappa shape index (κ2) is 4.06. The molecule has 1 saturated carbocycles. The van der Waals surface area contributed by atoms with E-state index in [0.29, 0.717) is 16.7 Å². The van der Waals surface area contributed by atoms with Gasteiger partial charge in [0.15, 0.2) is 0 Å². The molecule has 1 nitrogen and oxygen atoms in total. The third kappa shape index (κ3) is 2.36. The first-order valence-corrected chi connectivity index (χ1v) is 6.87. The lowest BCUT2D eigenvalue weighted by Gasteiger charge is -2.39. The van der Waals surface area contributed by atoms with E-state index < -0.39 is 0 Å². The quantitative estimate of drug-likeness (QED) is 0.669. The number of hydrogen-bond acceptors (Lipinski definition) is 2. The minimum atomic E-state index is 0.340. The third-order valence-corrected chi connectivity index (χ3v) is 4.94. The van der Waals surface area contributed by atoms with E-state index >= 15 is 0 Å². The lowest BCUT2D eigenvalue weighted by Crippen LogP contribution is -2.30. The van der Waals surface area contributed by atoms with Gasteiger partial charge < -0.3 is 0 Å². The highest BCUT2D eigenvalue weighted by molar-refractivity contribution is 7.09. The van der Waals surface area contributed by atoms with Crippen LogP contribution in [0.15, 0.2) is 5.38 Å². The van der Waals surface area contributed by atoms with Gasteiger partial charge >= 0.3 is 0 Å². The van der Waals surface area contributed by atoms with Crippen LogP contribution in [0.5, 0.6) is 0 Å². The second-order valence-electron chi connectivity index (χ2n) is 5.24. The van der Waals surface area contributed by atoms with Crippen LogP contribution in [0.25, 0.3) is 0 Å². The van der Waals surface area contributed by atoms with Gasteiger partial charge in [-0.15, -0.1) is 22.9 Å². The van der Waals surface area contributed by atoms with E-state index in [9.17, 15) is 0 Å². The number of alkyl halides is 1. The van der Waals surface area contributed by atoms with E-state index in [-0.39, 0.29) is 0 Å². The first-order valence-electron chi connectivity index (χ1n) is 5.55. The number of rotatable bonds is 1. The molecule has 0 aromatic carbocycles. The summed E-state index contributed by atoms with van der Waals surface area (Å²) in [5.41, 5.74) is 1.50. The summed E-state index contributed by atoms with van der Waals surface area (Å²) in [6.07, 6.45) is 3.45. The lowest BCUT2D eigenvalue weighted by atomic mass is 9.69. The number of aromatic nitrogens is 1. The van der Waals surface area contributed by atoms with Gasteiger partial charge in [-0.1, -0.05) is 13.8 Å². The summed E-state index contributed by atoms with van der Waals surface area (Å²) in [5, 5.41) is 3.76. The molecule has 3 heteroatoms. The van der Waals surface area contributed by atoms with Crippen molar-refractivity contribution in [1.29, 1.82) is 0 Å². The Balaban J connectivity index is 2.25. The molecule has 0 N–H and O–H groups in total. The number of nitrogens with zero attached hydrogens (tertiary/aromatic N) is 1. The van der Waals surface area contributed by atoms with Crippen molar-refractivity contribution in [3.8, 4) is 0 Å². The molecule has 2 unspecified atom stereocenters. The Morgan fingerprint density at radius 1 is 1.53 bits per heavy atom. The Labute approximate surface area is 101 Å². The molecule has 84 valence electrons. The molecule has 0 saturated heterocycles. The van der Waals surface area contributed by atoms with Gasteiger partial charge in [-0.2, -0.15) is 0 Å². The van der Waals surface area contributed by atoms with Gasteiger partial charge in [0.1, 0.15) is 0 Å². The highest BCUT2D eigenvalue weighted by atomic mass is 35.5. The fourth-order valence-corrected chi connectivity index (χ4v) is 3.77. The first-order chi connectivity index (χ1) is 6.99. The van der Waals surface area contributed by atoms with Crippen molar-refractivity contribution < 1.29 is 0 Å². The largest absolute Gasteiger partial charge is 0.246 e. The standard InChI is InChI=1S/C12H18ClNS/c1-8-7-15-11(14-8)10-6-9(13)4-5-12(10,2)3/h7,9-10H,4-6H2,1-3H3. The average molecular weight is 244 g/mol. The number of halogens is 1. The zero-order valence-corrected chi connectivity index (χ0v) is 11.2. The van der Waals surface area contributed by atoms with E-state index in [4.69, 9.17) is 11.6 Å². The van der Waals surface area contributed by atoms with E-state index in [2.05, 4.69) is 31.1 Å². The van der Waals surface area contributed by atoms with Crippen LogP contribution in [-0.4, -0.2) is 10.4 Å². The first kappa shape index (κ1) is 11.4. The zero-order chi connectivity index (χ0) is 11.1. The smallest absolute Gasteiger partial charge is 0.0964 e. The molecule has 1 fully saturated rings. The summed E-state index contributed by atoms with van der Waals surface area (Å²) in [6.45, 7) is 6.75. The normalized spacial score (nSPS) is 30.4. The van der Waals surface area contributed by atoms with Crippen molar-refractivity contribution in [3.05, 3.63) is 16.1 Å². The molecular weight excluding hydrogens is 226 g/mol. The molecule has 0 bridgehead atoms. The molecule has 2 rings (SSSR count). The average Bonchev–Trinajstić information content (AvgIpc) is 2.56. The van der Waals surface area contributed by atoms with Crippen LogP contribution < -0.4 is 0 Å². The Hall–Kier alpha value is -0.0800. The van der Waals surface area contributed by atoms with Gasteiger partial charge in [-0.3, -0.25) is 0 Å². The van der Waals surface area contributed by atoms with Crippen LogP contribution in [0.1, 0.15) is 49.7 Å². The summed E-state index contributed by atoms with van der Waals surface area (Å²) in [7, 11) is 0. The van der Waals surface area contributed by atoms with Crippen LogP contribution in [0, 0.1) is 12.3 Å². The molecule has 0 amide bonds. The second-order valence-corrected chi connectivity index (χ2v) is 6.75. The maximum atomic E-state index is 6.27. The molecule has 1 aliphatic carbocycles. The summed E-state index contributed by atoms with van der Waals surface area (Å²) in [5.74, 6) is 0.549. The Kier molecular flexibility index (Phi) is 3.09. The van der Waals surface area contributed by atoms with Gasteiger partial charge in [0.25, 0.3) is 0 Å². The van der Waals surface area contributed by atoms with Crippen molar-refractivity contribution in [3.63, 3.8) is 0 Å². The van der Waals surface area contributed by atoms with Crippen LogP contribution in [0.3, 0.4) is 0 Å². The van der Waals surface area contributed by atoms with Crippen molar-refractivity contribution in [2.45, 2.75) is 51.3 Å². The Bertz CT molecular complexity index is 345. The summed E-state index contributed by atoms with van der Waals surface area (Å²) in [4.78, 5) is 4.62. The van der Waals surface area contributed by atoms with Crippen molar-refractivity contribution in [2.24, 2.45) is 5.41 Å². The monoisotopic (exact) mass is 243 g/mol. The molecule has 1 aliphatic rings. The van der Waals surface area contributed by atoms with E-state index in [1.165, 1.54) is 11.4 Å². The van der Waals surface area contributed by atoms with Gasteiger partial charge in [0, 0.05) is 22.4 Å². The maximum Gasteiger partial charge on any atom is 0.0964 e. The molecule has 2 atom stereocenters. The molecule has 1 heterocycles. The highest BCUT2D eigenvalue weighted by Crippen LogP contribution is 2.48. The summed E-state index contributed by atoms with van der Waals surface area (Å²) in [6, 6.07) is 0. The van der Waals surface area contributed by atoms with Crippen LogP contribution in [-0.2, 0) is 0 Å². The van der Waals surface area contributed by atoms with Crippen LogP contribution >= 0.6 is 22.9 Å². The predicted octanol–water partition coefficient (Wildman–Crippen LogP) is 4.35. The SMILES string of the molecule is Cc1csc(C2CC(Cl)CCC2(C)C)n1. The van der Waals surface area contributed by atoms with Crippen molar-refractivity contribution in [1.82, 2.24) is 4.98 Å². The van der Waals surface area contributed by atoms with Gasteiger partial charge in [-0.05, 0) is 31.6 Å². The zero-order valence-electron chi connectivity index (χ0n) is 9.59. The minimum Gasteiger partial charge on any atom is -0.246 e. The minimum absolute atomic E-state index is 0.340. The molecule has 15 heavy (non-hydrogen) atoms. The number of thiazole rings is 1. The lowest BCUT2D eigenvalue weighted by molar-refractivity contribution is 0.202. The number of hydrogen-bond donors (Lipinski definition) is 0. The summed E-state index contributed by atoms with van der Waals surface area (Å²) < 4.78 is 0. The Morgan fingerprint density at radius 2 is 2.27 bits per heavy atom.